The second-order valence-corrected chi connectivity index (χ2v) is 8.66. The van der Waals surface area contributed by atoms with Crippen molar-refractivity contribution in [1.29, 1.82) is 0 Å². The van der Waals surface area contributed by atoms with E-state index in [2.05, 4.69) is 4.90 Å². The number of rotatable bonds is 6. The van der Waals surface area contributed by atoms with Crippen LogP contribution in [0.1, 0.15) is 45.4 Å². The lowest BCUT2D eigenvalue weighted by Gasteiger charge is -2.42. The largest absolute Gasteiger partial charge is 0.479 e. The van der Waals surface area contributed by atoms with Gasteiger partial charge in [-0.1, -0.05) is 43.2 Å². The van der Waals surface area contributed by atoms with Gasteiger partial charge >= 0.3 is 5.97 Å². The summed E-state index contributed by atoms with van der Waals surface area (Å²) in [4.78, 5) is 29.1. The van der Waals surface area contributed by atoms with Crippen LogP contribution < -0.4 is 9.47 Å². The van der Waals surface area contributed by atoms with Crippen LogP contribution in [0.4, 0.5) is 0 Å². The van der Waals surface area contributed by atoms with Crippen molar-refractivity contribution in [3.63, 3.8) is 0 Å². The van der Waals surface area contributed by atoms with Crippen molar-refractivity contribution >= 4 is 22.6 Å². The van der Waals surface area contributed by atoms with Crippen molar-refractivity contribution in [2.24, 2.45) is 0 Å². The van der Waals surface area contributed by atoms with Gasteiger partial charge in [-0.05, 0) is 50.2 Å². The van der Waals surface area contributed by atoms with Crippen LogP contribution in [-0.2, 0) is 9.59 Å². The number of hydrogen-bond acceptors (Lipinski definition) is 5. The highest BCUT2D eigenvalue weighted by Gasteiger charge is 2.35. The maximum atomic E-state index is 13.1. The average Bonchev–Trinajstić information content (AvgIpc) is 3.32. The van der Waals surface area contributed by atoms with Gasteiger partial charge in [0.1, 0.15) is 0 Å². The molecule has 0 radical (unpaired) electrons. The molecule has 6 heteroatoms. The molecular weight excluding hydrogens is 392 g/mol. The summed E-state index contributed by atoms with van der Waals surface area (Å²) in [7, 11) is 1.90. The highest BCUT2D eigenvalue weighted by atomic mass is 16.6. The van der Waals surface area contributed by atoms with Crippen LogP contribution in [0.5, 0.6) is 11.5 Å². The third kappa shape index (κ3) is 4.85. The van der Waals surface area contributed by atoms with E-state index in [0.717, 1.165) is 43.1 Å². The second kappa shape index (κ2) is 9.69. The number of ether oxygens (including phenoxy) is 2. The summed E-state index contributed by atoms with van der Waals surface area (Å²) >= 11 is 0. The fourth-order valence-corrected chi connectivity index (χ4v) is 5.07. The van der Waals surface area contributed by atoms with Crippen molar-refractivity contribution in [2.75, 3.05) is 26.7 Å². The molecule has 166 valence electrons. The zero-order valence-corrected chi connectivity index (χ0v) is 18.5. The number of amides is 1. The van der Waals surface area contributed by atoms with Gasteiger partial charge in [0.2, 0.25) is 0 Å². The van der Waals surface area contributed by atoms with Crippen LogP contribution in [0.25, 0.3) is 10.8 Å². The molecule has 31 heavy (non-hydrogen) atoms. The summed E-state index contributed by atoms with van der Waals surface area (Å²) in [5.74, 6) is 0.320. The number of hydrogen-bond donors (Lipinski definition) is 0. The molecule has 1 saturated carbocycles. The smallest absolute Gasteiger partial charge is 0.308 e. The third-order valence-corrected chi connectivity index (χ3v) is 6.63. The van der Waals surface area contributed by atoms with Crippen LogP contribution in [0.2, 0.25) is 0 Å². The molecule has 1 aliphatic heterocycles. The van der Waals surface area contributed by atoms with Gasteiger partial charge in [-0.15, -0.1) is 0 Å². The van der Waals surface area contributed by atoms with E-state index in [1.807, 2.05) is 42.3 Å². The van der Waals surface area contributed by atoms with E-state index in [4.69, 9.17) is 9.47 Å². The van der Waals surface area contributed by atoms with Gasteiger partial charge in [0, 0.05) is 31.4 Å². The Bertz CT molecular complexity index is 938. The molecule has 0 aromatic heterocycles. The zero-order valence-electron chi connectivity index (χ0n) is 18.5. The number of esters is 1. The quantitative estimate of drug-likeness (QED) is 0.518. The molecule has 4 rings (SSSR count). The standard InChI is InChI=1S/C25H32N2O4/c1-18(28)31-23-14-13-19-9-3-4-10-20(19)25(23)30-17-24(29)26(2)21-11-5-6-12-22(21)27-15-7-8-16-27/h3-4,9-10,13-14,21-22H,5-8,11-12,15-17H2,1-2H3. The molecule has 0 spiro atoms. The van der Waals surface area contributed by atoms with E-state index >= 15 is 0 Å². The Balaban J connectivity index is 1.50. The molecule has 2 aromatic rings. The van der Waals surface area contributed by atoms with Crippen LogP contribution in [0, 0.1) is 0 Å². The lowest BCUT2D eigenvalue weighted by Crippen LogP contribution is -2.54. The maximum absolute atomic E-state index is 13.1. The van der Waals surface area contributed by atoms with Crippen LogP contribution in [-0.4, -0.2) is 60.5 Å². The minimum Gasteiger partial charge on any atom is -0.479 e. The summed E-state index contributed by atoms with van der Waals surface area (Å²) < 4.78 is 11.4. The molecule has 2 aliphatic rings. The van der Waals surface area contributed by atoms with Gasteiger partial charge in [0.15, 0.2) is 18.1 Å². The molecule has 2 fully saturated rings. The SMILES string of the molecule is CC(=O)Oc1ccc2ccccc2c1OCC(=O)N(C)C1CCCCC1N1CCCC1. The van der Waals surface area contributed by atoms with E-state index in [0.29, 0.717) is 17.5 Å². The first-order valence-electron chi connectivity index (χ1n) is 11.4. The molecule has 6 nitrogen and oxygen atoms in total. The second-order valence-electron chi connectivity index (χ2n) is 8.66. The Kier molecular flexibility index (Phi) is 6.76. The number of nitrogens with zero attached hydrogens (tertiary/aromatic N) is 2. The predicted molar refractivity (Wildman–Crippen MR) is 120 cm³/mol. The van der Waals surface area contributed by atoms with Crippen molar-refractivity contribution in [2.45, 2.75) is 57.5 Å². The zero-order chi connectivity index (χ0) is 21.8. The number of fused-ring (bicyclic) bond motifs is 1. The van der Waals surface area contributed by atoms with Gasteiger partial charge in [-0.3, -0.25) is 14.5 Å². The number of likely N-dealkylation sites (N-methyl/N-ethyl adjacent to an activating group) is 1. The van der Waals surface area contributed by atoms with E-state index in [-0.39, 0.29) is 18.6 Å². The molecule has 0 bridgehead atoms. The van der Waals surface area contributed by atoms with Crippen molar-refractivity contribution in [1.82, 2.24) is 9.80 Å². The molecule has 1 saturated heterocycles. The van der Waals surface area contributed by atoms with Crippen molar-refractivity contribution < 1.29 is 19.1 Å². The maximum Gasteiger partial charge on any atom is 0.308 e. The lowest BCUT2D eigenvalue weighted by molar-refractivity contribution is -0.136. The minimum atomic E-state index is -0.417. The van der Waals surface area contributed by atoms with Gasteiger partial charge in [0.05, 0.1) is 0 Å². The van der Waals surface area contributed by atoms with Gasteiger partial charge in [-0.25, -0.2) is 0 Å². The Morgan fingerprint density at radius 1 is 1.03 bits per heavy atom. The molecule has 1 heterocycles. The van der Waals surface area contributed by atoms with E-state index < -0.39 is 5.97 Å². The third-order valence-electron chi connectivity index (χ3n) is 6.63. The summed E-state index contributed by atoms with van der Waals surface area (Å²) in [5, 5.41) is 1.79. The first kappa shape index (κ1) is 21.6. The Morgan fingerprint density at radius 3 is 2.55 bits per heavy atom. The monoisotopic (exact) mass is 424 g/mol. The summed E-state index contributed by atoms with van der Waals surface area (Å²) in [6.07, 6.45) is 7.10. The van der Waals surface area contributed by atoms with E-state index in [1.54, 1.807) is 6.07 Å². The minimum absolute atomic E-state index is 0.0437. The number of likely N-dealkylation sites (tertiary alicyclic amines) is 1. The summed E-state index contributed by atoms with van der Waals surface area (Å²) in [6.45, 7) is 3.56. The first-order valence-corrected chi connectivity index (χ1v) is 11.4. The first-order chi connectivity index (χ1) is 15.0. The number of carbonyl (C=O) groups excluding carboxylic acids is 2. The highest BCUT2D eigenvalue weighted by Crippen LogP contribution is 2.36. The van der Waals surface area contributed by atoms with Crippen LogP contribution in [0.15, 0.2) is 36.4 Å². The van der Waals surface area contributed by atoms with Gasteiger partial charge < -0.3 is 14.4 Å². The van der Waals surface area contributed by atoms with Crippen molar-refractivity contribution in [3.05, 3.63) is 36.4 Å². The average molecular weight is 425 g/mol. The Morgan fingerprint density at radius 2 is 1.77 bits per heavy atom. The summed E-state index contributed by atoms with van der Waals surface area (Å²) in [6, 6.07) is 12.0. The van der Waals surface area contributed by atoms with Crippen molar-refractivity contribution in [3.8, 4) is 11.5 Å². The normalized spacial score (nSPS) is 21.7. The van der Waals surface area contributed by atoms with E-state index in [9.17, 15) is 9.59 Å². The highest BCUT2D eigenvalue weighted by molar-refractivity contribution is 5.92. The molecule has 1 amide bonds. The fourth-order valence-electron chi connectivity index (χ4n) is 5.07. The Hall–Kier alpha value is -2.60. The van der Waals surface area contributed by atoms with E-state index in [1.165, 1.54) is 26.2 Å². The van der Waals surface area contributed by atoms with Crippen LogP contribution in [0.3, 0.4) is 0 Å². The molecule has 2 unspecified atom stereocenters. The predicted octanol–water partition coefficient (Wildman–Crippen LogP) is 4.01. The van der Waals surface area contributed by atoms with Crippen LogP contribution >= 0.6 is 0 Å². The molecule has 2 aromatic carbocycles. The Labute approximate surface area is 184 Å². The lowest BCUT2D eigenvalue weighted by atomic mass is 9.88. The topological polar surface area (TPSA) is 59.1 Å². The summed E-state index contributed by atoms with van der Waals surface area (Å²) in [5.41, 5.74) is 0. The molecule has 1 aliphatic carbocycles. The number of benzene rings is 2. The number of carbonyl (C=O) groups is 2. The fraction of sp³-hybridized carbons (Fsp3) is 0.520. The molecular formula is C25H32N2O4. The van der Waals surface area contributed by atoms with Gasteiger partial charge in [0.25, 0.3) is 5.91 Å². The molecule has 2 atom stereocenters. The molecule has 0 N–H and O–H groups in total. The van der Waals surface area contributed by atoms with Gasteiger partial charge in [-0.2, -0.15) is 0 Å².